The molecule has 1 aliphatic carbocycles. The van der Waals surface area contributed by atoms with Crippen LogP contribution in [-0.4, -0.2) is 39.6 Å². The number of halogens is 2. The first kappa shape index (κ1) is 16.1. The smallest absolute Gasteiger partial charge is 0.272 e. The lowest BCUT2D eigenvalue weighted by molar-refractivity contribution is 0.0419. The molecule has 1 aliphatic heterocycles. The number of carbonyl (C=O) groups excluding carboxylic acids is 1. The molecule has 1 aromatic carbocycles. The van der Waals surface area contributed by atoms with Crippen molar-refractivity contribution in [3.05, 3.63) is 47.8 Å². The fraction of sp³-hybridized carbons (Fsp3) is 0.444. The van der Waals surface area contributed by atoms with Crippen molar-refractivity contribution >= 4 is 5.91 Å². The minimum absolute atomic E-state index is 0.0832. The van der Waals surface area contributed by atoms with Crippen LogP contribution in [0.25, 0.3) is 0 Å². The molecule has 1 unspecified atom stereocenters. The summed E-state index contributed by atoms with van der Waals surface area (Å²) < 4.78 is 34.2. The van der Waals surface area contributed by atoms with Gasteiger partial charge in [-0.2, -0.15) is 5.10 Å². The van der Waals surface area contributed by atoms with Crippen LogP contribution < -0.4 is 4.74 Å². The van der Waals surface area contributed by atoms with E-state index >= 15 is 0 Å². The molecule has 0 radical (unpaired) electrons. The topological polar surface area (TPSA) is 47.4 Å². The SMILES string of the molecule is CC1(CN2CCn3nc(COc4ccccc4)cc3C2=O)CC1(F)F. The predicted molar refractivity (Wildman–Crippen MR) is 86.6 cm³/mol. The van der Waals surface area contributed by atoms with Crippen molar-refractivity contribution in [2.75, 3.05) is 13.1 Å². The monoisotopic (exact) mass is 347 g/mol. The maximum absolute atomic E-state index is 13.5. The van der Waals surface area contributed by atoms with Crippen molar-refractivity contribution in [3.8, 4) is 5.75 Å². The summed E-state index contributed by atoms with van der Waals surface area (Å²) in [6.07, 6.45) is -0.154. The quantitative estimate of drug-likeness (QED) is 0.835. The number of hydrogen-bond donors (Lipinski definition) is 0. The highest BCUT2D eigenvalue weighted by Crippen LogP contribution is 2.60. The first-order valence-corrected chi connectivity index (χ1v) is 8.30. The molecule has 0 saturated heterocycles. The van der Waals surface area contributed by atoms with Gasteiger partial charge in [-0.3, -0.25) is 9.48 Å². The number of fused-ring (bicyclic) bond motifs is 1. The summed E-state index contributed by atoms with van der Waals surface area (Å²) in [5.74, 6) is -2.18. The van der Waals surface area contributed by atoms with Crippen LogP contribution >= 0.6 is 0 Å². The van der Waals surface area contributed by atoms with Crippen molar-refractivity contribution in [3.63, 3.8) is 0 Å². The second-order valence-corrected chi connectivity index (χ2v) is 7.01. The van der Waals surface area contributed by atoms with Crippen LogP contribution in [0.15, 0.2) is 36.4 Å². The number of rotatable bonds is 5. The molecule has 1 aromatic heterocycles. The van der Waals surface area contributed by atoms with Crippen molar-refractivity contribution in [2.45, 2.75) is 32.4 Å². The van der Waals surface area contributed by atoms with Crippen LogP contribution in [0.4, 0.5) is 8.78 Å². The normalized spacial score (nSPS) is 24.1. The minimum Gasteiger partial charge on any atom is -0.487 e. The number of ether oxygens (including phenoxy) is 1. The molecular formula is C18H19F2N3O2. The number of carbonyl (C=O) groups is 1. The van der Waals surface area contributed by atoms with Crippen molar-refractivity contribution in [2.24, 2.45) is 5.41 Å². The number of alkyl halides is 2. The Kier molecular flexibility index (Phi) is 3.56. The molecule has 0 bridgehead atoms. The van der Waals surface area contributed by atoms with Crippen LogP contribution in [0.1, 0.15) is 29.5 Å². The van der Waals surface area contributed by atoms with Crippen LogP contribution in [-0.2, 0) is 13.2 Å². The Morgan fingerprint density at radius 3 is 2.64 bits per heavy atom. The van der Waals surface area contributed by atoms with Crippen molar-refractivity contribution in [1.29, 1.82) is 0 Å². The maximum atomic E-state index is 13.5. The average Bonchev–Trinajstić information content (AvgIpc) is 2.93. The lowest BCUT2D eigenvalue weighted by Crippen LogP contribution is -2.43. The molecule has 5 nitrogen and oxygen atoms in total. The number of benzene rings is 1. The molecule has 1 atom stereocenters. The molecule has 1 amide bonds. The van der Waals surface area contributed by atoms with Gasteiger partial charge in [0.25, 0.3) is 11.8 Å². The van der Waals surface area contributed by atoms with Crippen LogP contribution in [0.5, 0.6) is 5.75 Å². The molecule has 1 fully saturated rings. The number of amides is 1. The third kappa shape index (κ3) is 2.88. The fourth-order valence-electron chi connectivity index (χ4n) is 3.23. The van der Waals surface area contributed by atoms with Gasteiger partial charge in [-0.25, -0.2) is 8.78 Å². The van der Waals surface area contributed by atoms with Crippen LogP contribution in [0, 0.1) is 5.41 Å². The molecule has 4 rings (SSSR count). The first-order chi connectivity index (χ1) is 11.9. The van der Waals surface area contributed by atoms with Gasteiger partial charge in [0.15, 0.2) is 0 Å². The highest BCUT2D eigenvalue weighted by molar-refractivity contribution is 5.93. The highest BCUT2D eigenvalue weighted by atomic mass is 19.3. The lowest BCUT2D eigenvalue weighted by atomic mass is 10.1. The second-order valence-electron chi connectivity index (χ2n) is 7.01. The summed E-state index contributed by atoms with van der Waals surface area (Å²) in [5.41, 5.74) is -0.00751. The summed E-state index contributed by atoms with van der Waals surface area (Å²) in [6.45, 7) is 2.78. The number of aromatic nitrogens is 2. The second kappa shape index (κ2) is 5.54. The summed E-state index contributed by atoms with van der Waals surface area (Å²) in [4.78, 5) is 14.1. The Hall–Kier alpha value is -2.44. The van der Waals surface area contributed by atoms with E-state index in [0.29, 0.717) is 24.5 Å². The Morgan fingerprint density at radius 1 is 1.24 bits per heavy atom. The van der Waals surface area contributed by atoms with E-state index in [4.69, 9.17) is 4.74 Å². The van der Waals surface area contributed by atoms with Gasteiger partial charge >= 0.3 is 0 Å². The maximum Gasteiger partial charge on any atom is 0.272 e. The molecule has 0 spiro atoms. The van der Waals surface area contributed by atoms with Crippen molar-refractivity contribution in [1.82, 2.24) is 14.7 Å². The number of nitrogens with zero attached hydrogens (tertiary/aromatic N) is 3. The zero-order valence-electron chi connectivity index (χ0n) is 13.9. The molecule has 132 valence electrons. The Labute approximate surface area is 144 Å². The van der Waals surface area contributed by atoms with Gasteiger partial charge in [-0.15, -0.1) is 0 Å². The van der Waals surface area contributed by atoms with E-state index in [1.165, 1.54) is 11.8 Å². The van der Waals surface area contributed by atoms with Gasteiger partial charge in [0, 0.05) is 19.5 Å². The fourth-order valence-corrected chi connectivity index (χ4v) is 3.23. The molecule has 0 N–H and O–H groups in total. The predicted octanol–water partition coefficient (Wildman–Crippen LogP) is 2.96. The van der Waals surface area contributed by atoms with Crippen LogP contribution in [0.3, 0.4) is 0 Å². The Bertz CT molecular complexity index is 806. The van der Waals surface area contributed by atoms with Gasteiger partial charge in [0.1, 0.15) is 23.7 Å². The van der Waals surface area contributed by atoms with E-state index in [1.807, 2.05) is 30.3 Å². The van der Waals surface area contributed by atoms with Gasteiger partial charge in [0.2, 0.25) is 0 Å². The molecule has 25 heavy (non-hydrogen) atoms. The minimum atomic E-state index is -2.67. The Morgan fingerprint density at radius 2 is 1.96 bits per heavy atom. The van der Waals surface area contributed by atoms with Gasteiger partial charge in [0.05, 0.1) is 12.0 Å². The van der Waals surface area contributed by atoms with Gasteiger partial charge in [-0.05, 0) is 18.2 Å². The zero-order valence-corrected chi connectivity index (χ0v) is 13.9. The van der Waals surface area contributed by atoms with Gasteiger partial charge in [-0.1, -0.05) is 25.1 Å². The zero-order chi connectivity index (χ0) is 17.7. The summed E-state index contributed by atoms with van der Waals surface area (Å²) >= 11 is 0. The number of para-hydroxylation sites is 1. The molecule has 2 heterocycles. The van der Waals surface area contributed by atoms with E-state index in [9.17, 15) is 13.6 Å². The largest absolute Gasteiger partial charge is 0.487 e. The van der Waals surface area contributed by atoms with E-state index < -0.39 is 11.3 Å². The van der Waals surface area contributed by atoms with Crippen molar-refractivity contribution < 1.29 is 18.3 Å². The highest BCUT2D eigenvalue weighted by Gasteiger charge is 2.68. The average molecular weight is 347 g/mol. The number of hydrogen-bond acceptors (Lipinski definition) is 3. The third-order valence-corrected chi connectivity index (χ3v) is 4.96. The summed E-state index contributed by atoms with van der Waals surface area (Å²) in [5, 5.41) is 4.39. The molecule has 7 heteroatoms. The van der Waals surface area contributed by atoms with E-state index in [-0.39, 0.29) is 25.5 Å². The summed E-state index contributed by atoms with van der Waals surface area (Å²) in [7, 11) is 0. The molecular weight excluding hydrogens is 328 g/mol. The van der Waals surface area contributed by atoms with Gasteiger partial charge < -0.3 is 9.64 Å². The van der Waals surface area contributed by atoms with E-state index in [0.717, 1.165) is 5.75 Å². The lowest BCUT2D eigenvalue weighted by Gasteiger charge is -2.29. The van der Waals surface area contributed by atoms with Crippen LogP contribution in [0.2, 0.25) is 0 Å². The van der Waals surface area contributed by atoms with E-state index in [1.54, 1.807) is 10.7 Å². The standard InChI is InChI=1S/C18H19F2N3O2/c1-17(11-18(17,19)20)12-22-7-8-23-15(16(22)24)9-13(21-23)10-25-14-5-3-2-4-6-14/h2-6,9H,7-8,10-12H2,1H3. The molecule has 1 saturated carbocycles. The molecule has 2 aromatic rings. The first-order valence-electron chi connectivity index (χ1n) is 8.30. The summed E-state index contributed by atoms with van der Waals surface area (Å²) in [6, 6.07) is 11.0. The Balaban J connectivity index is 1.44. The van der Waals surface area contributed by atoms with E-state index in [2.05, 4.69) is 5.10 Å². The third-order valence-electron chi connectivity index (χ3n) is 4.96. The molecule has 2 aliphatic rings.